The summed E-state index contributed by atoms with van der Waals surface area (Å²) in [6, 6.07) is 56.2. The third-order valence-corrected chi connectivity index (χ3v) is 11.2. The zero-order valence-electron chi connectivity index (χ0n) is 29.7. The lowest BCUT2D eigenvalue weighted by atomic mass is 9.76. The van der Waals surface area contributed by atoms with Crippen molar-refractivity contribution in [2.24, 2.45) is 5.92 Å². The number of aryl methyl sites for hydroxylation is 1. The van der Waals surface area contributed by atoms with Gasteiger partial charge in [0.05, 0.1) is 12.3 Å². The zero-order chi connectivity index (χ0) is 36.6. The Morgan fingerprint density at radius 3 is 1.24 bits per heavy atom. The number of rotatable bonds is 10. The Balaban J connectivity index is 1.19. The van der Waals surface area contributed by atoms with Gasteiger partial charge in [0.1, 0.15) is 6.61 Å². The predicted octanol–water partition coefficient (Wildman–Crippen LogP) is 12.2. The van der Waals surface area contributed by atoms with E-state index in [0.717, 1.165) is 75.8 Å². The maximum Gasteiger partial charge on any atom is 0.310 e. The Morgan fingerprint density at radius 2 is 0.833 bits per heavy atom. The van der Waals surface area contributed by atoms with E-state index in [2.05, 4.69) is 115 Å². The Bertz CT molecular complexity index is 2730. The fourth-order valence-corrected chi connectivity index (χ4v) is 8.76. The molecule has 9 aromatic rings. The molecule has 0 aliphatic heterocycles. The average Bonchev–Trinajstić information content (AvgIpc) is 3.20. The fourth-order valence-electron chi connectivity index (χ4n) is 8.76. The molecule has 0 aromatic heterocycles. The van der Waals surface area contributed by atoms with Crippen LogP contribution in [0.15, 0.2) is 164 Å². The predicted molar refractivity (Wildman–Crippen MR) is 221 cm³/mol. The fraction of sp³-hybridized carbons (Fsp3) is 0.120. The number of esters is 1. The molecule has 0 aliphatic rings. The van der Waals surface area contributed by atoms with Crippen LogP contribution in [0.1, 0.15) is 35.4 Å². The summed E-state index contributed by atoms with van der Waals surface area (Å²) in [6.07, 6.45) is 0.829. The summed E-state index contributed by atoms with van der Waals surface area (Å²) in [4.78, 5) is 27.6. The minimum absolute atomic E-state index is 0.0355. The minimum atomic E-state index is -1.03. The number of benzene rings is 9. The van der Waals surface area contributed by atoms with Crippen molar-refractivity contribution < 1.29 is 19.4 Å². The van der Waals surface area contributed by atoms with Gasteiger partial charge in [-0.1, -0.05) is 146 Å². The third kappa shape index (κ3) is 6.10. The van der Waals surface area contributed by atoms with E-state index in [-0.39, 0.29) is 13.0 Å². The average molecular weight is 703 g/mol. The Morgan fingerprint density at radius 1 is 0.481 bits per heavy atom. The van der Waals surface area contributed by atoms with Crippen molar-refractivity contribution in [1.82, 2.24) is 0 Å². The van der Waals surface area contributed by atoms with Crippen LogP contribution in [0.5, 0.6) is 0 Å². The molecule has 0 amide bonds. The van der Waals surface area contributed by atoms with Crippen molar-refractivity contribution in [1.29, 1.82) is 0 Å². The van der Waals surface area contributed by atoms with Crippen LogP contribution < -0.4 is 0 Å². The molecule has 0 fully saturated rings. The highest BCUT2D eigenvalue weighted by Gasteiger charge is 2.35. The minimum Gasteiger partial charge on any atom is -0.481 e. The largest absolute Gasteiger partial charge is 0.481 e. The van der Waals surface area contributed by atoms with Crippen LogP contribution in [-0.2, 0) is 27.4 Å². The maximum absolute atomic E-state index is 14.8. The number of fused-ring (bicyclic) bond motifs is 6. The Kier molecular flexibility index (Phi) is 8.72. The van der Waals surface area contributed by atoms with E-state index < -0.39 is 23.8 Å². The smallest absolute Gasteiger partial charge is 0.310 e. The van der Waals surface area contributed by atoms with Crippen molar-refractivity contribution >= 4 is 76.6 Å². The van der Waals surface area contributed by atoms with E-state index in [4.69, 9.17) is 4.74 Å². The summed E-state index contributed by atoms with van der Waals surface area (Å²) in [6.45, 7) is 0.0355. The summed E-state index contributed by atoms with van der Waals surface area (Å²) < 4.78 is 6.32. The van der Waals surface area contributed by atoms with Crippen LogP contribution in [0.3, 0.4) is 0 Å². The van der Waals surface area contributed by atoms with Gasteiger partial charge in [-0.3, -0.25) is 9.59 Å². The number of carbonyl (C=O) groups is 2. The van der Waals surface area contributed by atoms with E-state index >= 15 is 0 Å². The van der Waals surface area contributed by atoms with Crippen molar-refractivity contribution in [2.75, 3.05) is 0 Å². The van der Waals surface area contributed by atoms with Gasteiger partial charge in [-0.05, 0) is 113 Å². The molecular formula is C50H38O4. The molecule has 0 spiro atoms. The van der Waals surface area contributed by atoms with E-state index in [1.54, 1.807) is 0 Å². The van der Waals surface area contributed by atoms with Crippen LogP contribution in [0, 0.1) is 5.92 Å². The number of carboxylic acid groups (broad SMARTS) is 1. The summed E-state index contributed by atoms with van der Waals surface area (Å²) >= 11 is 0. The molecule has 262 valence electrons. The van der Waals surface area contributed by atoms with Gasteiger partial charge in [0, 0.05) is 5.56 Å². The first-order chi connectivity index (χ1) is 26.5. The van der Waals surface area contributed by atoms with E-state index in [1.807, 2.05) is 48.5 Å². The van der Waals surface area contributed by atoms with Gasteiger partial charge >= 0.3 is 11.9 Å². The van der Waals surface area contributed by atoms with Gasteiger partial charge in [-0.2, -0.15) is 0 Å². The van der Waals surface area contributed by atoms with Crippen molar-refractivity contribution in [2.45, 2.75) is 31.8 Å². The maximum atomic E-state index is 14.8. The molecule has 2 atom stereocenters. The van der Waals surface area contributed by atoms with Crippen LogP contribution in [0.25, 0.3) is 64.6 Å². The second-order valence-corrected chi connectivity index (χ2v) is 14.3. The van der Waals surface area contributed by atoms with Crippen LogP contribution in [-0.4, -0.2) is 17.0 Å². The lowest BCUT2D eigenvalue weighted by Crippen LogP contribution is -2.28. The molecule has 2 unspecified atom stereocenters. The monoisotopic (exact) mass is 702 g/mol. The number of carbonyl (C=O) groups excluding carboxylic acids is 1. The molecule has 0 bridgehead atoms. The topological polar surface area (TPSA) is 63.6 Å². The molecule has 1 N–H and O–H groups in total. The van der Waals surface area contributed by atoms with E-state index in [1.165, 1.54) is 5.56 Å². The van der Waals surface area contributed by atoms with Crippen molar-refractivity contribution in [3.63, 3.8) is 0 Å². The van der Waals surface area contributed by atoms with Gasteiger partial charge in [0.15, 0.2) is 0 Å². The summed E-state index contributed by atoms with van der Waals surface area (Å²) in [7, 11) is 0. The molecule has 4 nitrogen and oxygen atoms in total. The number of hydrogen-bond acceptors (Lipinski definition) is 3. The van der Waals surface area contributed by atoms with Crippen LogP contribution >= 0.6 is 0 Å². The molecule has 0 saturated heterocycles. The summed E-state index contributed by atoms with van der Waals surface area (Å²) in [5.41, 5.74) is 3.11. The summed E-state index contributed by atoms with van der Waals surface area (Å²) in [5.74, 6) is -2.94. The SMILES string of the molecule is O=C(O)CC(C(=O)OCc1c2ccccc2cc2ccccc12)C(CCc1c2ccccc2cc2ccccc12)c1c2ccccc2cc2ccccc12. The second-order valence-electron chi connectivity index (χ2n) is 14.3. The quantitative estimate of drug-likeness (QED) is 0.114. The first-order valence-electron chi connectivity index (χ1n) is 18.6. The van der Waals surface area contributed by atoms with Crippen LogP contribution in [0.4, 0.5) is 0 Å². The molecular weight excluding hydrogens is 665 g/mol. The number of aliphatic carboxylic acids is 1. The van der Waals surface area contributed by atoms with Gasteiger partial charge < -0.3 is 9.84 Å². The molecule has 54 heavy (non-hydrogen) atoms. The third-order valence-electron chi connectivity index (χ3n) is 11.2. The van der Waals surface area contributed by atoms with Gasteiger partial charge in [-0.25, -0.2) is 0 Å². The normalized spacial score (nSPS) is 12.8. The zero-order valence-corrected chi connectivity index (χ0v) is 29.7. The van der Waals surface area contributed by atoms with E-state index in [0.29, 0.717) is 12.8 Å². The second kappa shape index (κ2) is 14.1. The number of ether oxygens (including phenoxy) is 1. The molecule has 9 rings (SSSR count). The molecule has 0 saturated carbocycles. The van der Waals surface area contributed by atoms with Crippen molar-refractivity contribution in [3.8, 4) is 0 Å². The number of carboxylic acids is 1. The van der Waals surface area contributed by atoms with Crippen molar-refractivity contribution in [3.05, 3.63) is 180 Å². The lowest BCUT2D eigenvalue weighted by molar-refractivity contribution is -0.155. The first-order valence-corrected chi connectivity index (χ1v) is 18.6. The Labute approximate surface area is 313 Å². The highest BCUT2D eigenvalue weighted by atomic mass is 16.5. The standard InChI is InChI=1S/C50H38O4/c51-48(52)30-46(50(53)54-31-47-40-21-9-3-15-34(40)28-35-16-4-10-22-41(35)47)45(49-42-23-11-5-17-36(42)29-37-18-6-12-24-43(37)49)26-25-44-38-19-7-1-13-32(38)27-33-14-2-8-20-39(33)44/h1-24,27-29,45-46H,25-26,30-31H2,(H,51,52). The van der Waals surface area contributed by atoms with Crippen LogP contribution in [0.2, 0.25) is 0 Å². The highest BCUT2D eigenvalue weighted by molar-refractivity contribution is 6.05. The summed E-state index contributed by atoms with van der Waals surface area (Å²) in [5, 5.41) is 23.4. The first kappa shape index (κ1) is 33.3. The lowest BCUT2D eigenvalue weighted by Gasteiger charge is -2.28. The molecule has 0 aliphatic carbocycles. The molecule has 0 radical (unpaired) electrons. The molecule has 4 heteroatoms. The van der Waals surface area contributed by atoms with Gasteiger partial charge in [0.25, 0.3) is 0 Å². The van der Waals surface area contributed by atoms with Gasteiger partial charge in [-0.15, -0.1) is 0 Å². The molecule has 0 heterocycles. The molecule has 9 aromatic carbocycles. The highest BCUT2D eigenvalue weighted by Crippen LogP contribution is 2.43. The number of hydrogen-bond donors (Lipinski definition) is 1. The van der Waals surface area contributed by atoms with Gasteiger partial charge in [0.2, 0.25) is 0 Å². The van der Waals surface area contributed by atoms with E-state index in [9.17, 15) is 14.7 Å². The Hall–Kier alpha value is -6.52.